The van der Waals surface area contributed by atoms with Crippen LogP contribution in [0.4, 0.5) is 0 Å². The molecule has 0 aromatic heterocycles. The van der Waals surface area contributed by atoms with Gasteiger partial charge in [-0.05, 0) is 38.2 Å². The molecule has 0 bridgehead atoms. The van der Waals surface area contributed by atoms with Crippen molar-refractivity contribution in [1.82, 2.24) is 10.6 Å². The lowest BCUT2D eigenvalue weighted by atomic mass is 10.2. The molecule has 1 fully saturated rings. The van der Waals surface area contributed by atoms with E-state index in [9.17, 15) is 0 Å². The summed E-state index contributed by atoms with van der Waals surface area (Å²) in [5, 5.41) is 6.63. The van der Waals surface area contributed by atoms with Crippen molar-refractivity contribution in [2.45, 2.75) is 38.7 Å². The molecule has 1 atom stereocenters. The van der Waals surface area contributed by atoms with Gasteiger partial charge < -0.3 is 24.8 Å². The number of guanidine groups is 1. The van der Waals surface area contributed by atoms with E-state index in [-0.39, 0.29) is 30.1 Å². The molecule has 0 radical (unpaired) electrons. The third-order valence-electron chi connectivity index (χ3n) is 4.29. The third-order valence-corrected chi connectivity index (χ3v) is 4.29. The lowest BCUT2D eigenvalue weighted by Gasteiger charge is -2.13. The third kappa shape index (κ3) is 11.8. The Kier molecular flexibility index (Phi) is 15.3. The first-order valence-electron chi connectivity index (χ1n) is 10.2. The molecule has 1 unspecified atom stereocenters. The fraction of sp³-hybridized carbons (Fsp3) is 0.667. The highest BCUT2D eigenvalue weighted by molar-refractivity contribution is 14.0. The number of nitrogens with one attached hydrogen (secondary N) is 2. The first kappa shape index (κ1) is 25.1. The lowest BCUT2D eigenvalue weighted by Crippen LogP contribution is -2.38. The predicted molar refractivity (Wildman–Crippen MR) is 125 cm³/mol. The van der Waals surface area contributed by atoms with E-state index in [1.807, 2.05) is 6.07 Å². The summed E-state index contributed by atoms with van der Waals surface area (Å²) < 4.78 is 16.8. The zero-order valence-corrected chi connectivity index (χ0v) is 19.4. The maximum Gasteiger partial charge on any atom is 0.191 e. The Labute approximate surface area is 186 Å². The van der Waals surface area contributed by atoms with E-state index in [1.165, 1.54) is 5.56 Å². The molecule has 0 aliphatic carbocycles. The first-order chi connectivity index (χ1) is 13.4. The summed E-state index contributed by atoms with van der Waals surface area (Å²) in [4.78, 5) is 4.60. The van der Waals surface area contributed by atoms with Crippen LogP contribution in [0.5, 0.6) is 0 Å². The molecule has 1 aromatic rings. The molecular weight excluding hydrogens is 469 g/mol. The minimum Gasteiger partial charge on any atom is -0.381 e. The normalized spacial score (nSPS) is 16.6. The van der Waals surface area contributed by atoms with Crippen LogP contribution < -0.4 is 10.6 Å². The van der Waals surface area contributed by atoms with Gasteiger partial charge in [-0.1, -0.05) is 30.3 Å². The summed E-state index contributed by atoms with van der Waals surface area (Å²) in [6.07, 6.45) is 4.15. The smallest absolute Gasteiger partial charge is 0.191 e. The molecule has 6 nitrogen and oxygen atoms in total. The largest absolute Gasteiger partial charge is 0.381 e. The van der Waals surface area contributed by atoms with Gasteiger partial charge >= 0.3 is 0 Å². The van der Waals surface area contributed by atoms with E-state index < -0.39 is 0 Å². The molecule has 1 aromatic carbocycles. The van der Waals surface area contributed by atoms with Crippen LogP contribution in [0.1, 0.15) is 31.7 Å². The quantitative estimate of drug-likeness (QED) is 0.187. The van der Waals surface area contributed by atoms with Gasteiger partial charge in [0, 0.05) is 39.5 Å². The number of ether oxygens (including phenoxy) is 3. The van der Waals surface area contributed by atoms with Gasteiger partial charge in [0.05, 0.1) is 19.3 Å². The number of rotatable bonds is 13. The molecule has 0 spiro atoms. The van der Waals surface area contributed by atoms with Gasteiger partial charge in [0.1, 0.15) is 0 Å². The van der Waals surface area contributed by atoms with Crippen LogP contribution >= 0.6 is 24.0 Å². The summed E-state index contributed by atoms with van der Waals surface area (Å²) in [5.41, 5.74) is 1.32. The molecule has 1 saturated heterocycles. The number of halogens is 1. The van der Waals surface area contributed by atoms with Gasteiger partial charge in [0.25, 0.3) is 0 Å². The number of aliphatic imine (C=N–C) groups is 1. The van der Waals surface area contributed by atoms with E-state index in [0.29, 0.717) is 0 Å². The molecule has 28 heavy (non-hydrogen) atoms. The van der Waals surface area contributed by atoms with Crippen LogP contribution in [0.3, 0.4) is 0 Å². The van der Waals surface area contributed by atoms with E-state index in [1.54, 1.807) is 0 Å². The monoisotopic (exact) mass is 505 g/mol. The van der Waals surface area contributed by atoms with Gasteiger partial charge in [-0.15, -0.1) is 24.0 Å². The molecular formula is C21H36IN3O3. The van der Waals surface area contributed by atoms with Gasteiger partial charge in [-0.3, -0.25) is 4.99 Å². The highest BCUT2D eigenvalue weighted by Crippen LogP contribution is 2.07. The van der Waals surface area contributed by atoms with Crippen LogP contribution in [-0.2, 0) is 20.6 Å². The standard InChI is InChI=1S/C21H35N3O3.HI/c1-2-22-21(24-13-7-15-27-20-11-17-26-18-20)23-12-6-14-25-16-10-19-8-4-3-5-9-19;/h3-5,8-9,20H,2,6-7,10-18H2,1H3,(H2,22,23,24);1H. The topological polar surface area (TPSA) is 64.1 Å². The Morgan fingerprint density at radius 2 is 2.00 bits per heavy atom. The maximum absolute atomic E-state index is 5.77. The molecule has 1 aliphatic heterocycles. The summed E-state index contributed by atoms with van der Waals surface area (Å²) in [7, 11) is 0. The molecule has 2 rings (SSSR count). The second kappa shape index (κ2) is 17.0. The second-order valence-electron chi connectivity index (χ2n) is 6.60. The second-order valence-corrected chi connectivity index (χ2v) is 6.60. The van der Waals surface area contributed by atoms with Crippen LogP contribution in [0.15, 0.2) is 35.3 Å². The van der Waals surface area contributed by atoms with Crippen LogP contribution in [0.25, 0.3) is 0 Å². The predicted octanol–water partition coefficient (Wildman–Crippen LogP) is 3.00. The van der Waals surface area contributed by atoms with Crippen molar-refractivity contribution in [2.75, 3.05) is 52.7 Å². The Balaban J connectivity index is 0.00000392. The SMILES string of the molecule is CCNC(=NCCCOCCc1ccccc1)NCCCOC1CCOC1.I. The first-order valence-corrected chi connectivity index (χ1v) is 10.2. The Hall–Kier alpha value is -0.900. The summed E-state index contributed by atoms with van der Waals surface area (Å²) >= 11 is 0. The Morgan fingerprint density at radius 3 is 2.75 bits per heavy atom. The summed E-state index contributed by atoms with van der Waals surface area (Å²) in [6.45, 7) is 8.38. The van der Waals surface area contributed by atoms with Crippen molar-refractivity contribution in [3.63, 3.8) is 0 Å². The minimum atomic E-state index is 0. The fourth-order valence-corrected chi connectivity index (χ4v) is 2.81. The molecule has 160 valence electrons. The fourth-order valence-electron chi connectivity index (χ4n) is 2.81. The van der Waals surface area contributed by atoms with E-state index >= 15 is 0 Å². The van der Waals surface area contributed by atoms with E-state index in [2.05, 4.69) is 46.8 Å². The number of nitrogens with zero attached hydrogens (tertiary/aromatic N) is 1. The number of hydrogen-bond donors (Lipinski definition) is 2. The van der Waals surface area contributed by atoms with Gasteiger partial charge in [0.2, 0.25) is 0 Å². The van der Waals surface area contributed by atoms with Crippen molar-refractivity contribution in [3.8, 4) is 0 Å². The minimum absolute atomic E-state index is 0. The molecule has 0 amide bonds. The van der Waals surface area contributed by atoms with Crippen LogP contribution in [0, 0.1) is 0 Å². The highest BCUT2D eigenvalue weighted by atomic mass is 127. The van der Waals surface area contributed by atoms with Crippen LogP contribution in [0.2, 0.25) is 0 Å². The molecule has 1 aliphatic rings. The van der Waals surface area contributed by atoms with Crippen molar-refractivity contribution in [1.29, 1.82) is 0 Å². The van der Waals surface area contributed by atoms with E-state index in [4.69, 9.17) is 14.2 Å². The van der Waals surface area contributed by atoms with Crippen molar-refractivity contribution < 1.29 is 14.2 Å². The van der Waals surface area contributed by atoms with Gasteiger partial charge in [-0.2, -0.15) is 0 Å². The Morgan fingerprint density at radius 1 is 1.14 bits per heavy atom. The molecule has 2 N–H and O–H groups in total. The lowest BCUT2D eigenvalue weighted by molar-refractivity contribution is 0.0420. The molecule has 7 heteroatoms. The average molecular weight is 505 g/mol. The number of benzene rings is 1. The molecule has 1 heterocycles. The summed E-state index contributed by atoms with van der Waals surface area (Å²) in [6, 6.07) is 10.4. The van der Waals surface area contributed by atoms with E-state index in [0.717, 1.165) is 84.3 Å². The number of hydrogen-bond acceptors (Lipinski definition) is 4. The van der Waals surface area contributed by atoms with Crippen molar-refractivity contribution >= 4 is 29.9 Å². The summed E-state index contributed by atoms with van der Waals surface area (Å²) in [5.74, 6) is 0.867. The Bertz CT molecular complexity index is 511. The average Bonchev–Trinajstić information content (AvgIpc) is 3.21. The highest BCUT2D eigenvalue weighted by Gasteiger charge is 2.15. The van der Waals surface area contributed by atoms with Gasteiger partial charge in [0.15, 0.2) is 5.96 Å². The van der Waals surface area contributed by atoms with Gasteiger partial charge in [-0.25, -0.2) is 0 Å². The molecule has 0 saturated carbocycles. The van der Waals surface area contributed by atoms with Crippen LogP contribution in [-0.4, -0.2) is 64.7 Å². The zero-order valence-electron chi connectivity index (χ0n) is 17.0. The maximum atomic E-state index is 5.77. The zero-order chi connectivity index (χ0) is 19.0. The van der Waals surface area contributed by atoms with Crippen molar-refractivity contribution in [2.24, 2.45) is 4.99 Å². The van der Waals surface area contributed by atoms with Crippen molar-refractivity contribution in [3.05, 3.63) is 35.9 Å².